The summed E-state index contributed by atoms with van der Waals surface area (Å²) in [5.74, 6) is 1.31. The lowest BCUT2D eigenvalue weighted by Crippen LogP contribution is -2.42. The first kappa shape index (κ1) is 12.0. The standard InChI is InChI=1S/C11H25N3/c1-9(2)14-5-3-10(4-6-14)11(7-12)8-13/h9-11H,3-8,12-13H2,1-2H3. The zero-order valence-electron chi connectivity index (χ0n) is 9.58. The van der Waals surface area contributed by atoms with Crippen molar-refractivity contribution in [3.05, 3.63) is 0 Å². The molecule has 4 N–H and O–H groups in total. The molecule has 1 rings (SSSR count). The molecule has 1 aliphatic rings. The van der Waals surface area contributed by atoms with E-state index in [1.165, 1.54) is 25.9 Å². The fourth-order valence-corrected chi connectivity index (χ4v) is 2.39. The highest BCUT2D eigenvalue weighted by Gasteiger charge is 2.25. The lowest BCUT2D eigenvalue weighted by atomic mass is 9.84. The number of hydrogen-bond donors (Lipinski definition) is 2. The molecule has 3 nitrogen and oxygen atoms in total. The van der Waals surface area contributed by atoms with E-state index >= 15 is 0 Å². The van der Waals surface area contributed by atoms with Gasteiger partial charge in [0.25, 0.3) is 0 Å². The molecule has 0 aromatic carbocycles. The van der Waals surface area contributed by atoms with Crippen LogP contribution in [-0.4, -0.2) is 37.1 Å². The van der Waals surface area contributed by atoms with Crippen LogP contribution in [0.1, 0.15) is 26.7 Å². The van der Waals surface area contributed by atoms with Gasteiger partial charge in [0.05, 0.1) is 0 Å². The molecule has 1 fully saturated rings. The van der Waals surface area contributed by atoms with E-state index in [-0.39, 0.29) is 0 Å². The predicted octanol–water partition coefficient (Wildman–Crippen LogP) is 0.640. The minimum Gasteiger partial charge on any atom is -0.330 e. The number of likely N-dealkylation sites (tertiary alicyclic amines) is 1. The highest BCUT2D eigenvalue weighted by atomic mass is 15.1. The van der Waals surface area contributed by atoms with E-state index in [1.54, 1.807) is 0 Å². The van der Waals surface area contributed by atoms with Gasteiger partial charge in [-0.3, -0.25) is 0 Å². The average molecular weight is 199 g/mol. The largest absolute Gasteiger partial charge is 0.330 e. The van der Waals surface area contributed by atoms with Gasteiger partial charge in [-0.15, -0.1) is 0 Å². The Labute approximate surface area is 87.8 Å². The van der Waals surface area contributed by atoms with Gasteiger partial charge in [-0.05, 0) is 64.7 Å². The summed E-state index contributed by atoms with van der Waals surface area (Å²) in [6, 6.07) is 0.685. The molecule has 1 heterocycles. The molecule has 0 aromatic rings. The predicted molar refractivity (Wildman–Crippen MR) is 61.0 cm³/mol. The maximum absolute atomic E-state index is 5.71. The molecule has 1 aliphatic heterocycles. The first-order valence-electron chi connectivity index (χ1n) is 5.83. The van der Waals surface area contributed by atoms with E-state index in [1.807, 2.05) is 0 Å². The molecule has 0 spiro atoms. The molecule has 0 unspecified atom stereocenters. The van der Waals surface area contributed by atoms with Crippen LogP contribution in [-0.2, 0) is 0 Å². The number of hydrogen-bond acceptors (Lipinski definition) is 3. The van der Waals surface area contributed by atoms with Crippen LogP contribution in [0.3, 0.4) is 0 Å². The molecular formula is C11H25N3. The highest BCUT2D eigenvalue weighted by molar-refractivity contribution is 4.80. The Morgan fingerprint density at radius 3 is 2.00 bits per heavy atom. The zero-order chi connectivity index (χ0) is 10.6. The van der Waals surface area contributed by atoms with Crippen LogP contribution in [0.4, 0.5) is 0 Å². The number of nitrogens with two attached hydrogens (primary N) is 2. The maximum Gasteiger partial charge on any atom is 0.00385 e. The second-order valence-corrected chi connectivity index (χ2v) is 4.70. The van der Waals surface area contributed by atoms with Gasteiger partial charge >= 0.3 is 0 Å². The minimum atomic E-state index is 0.546. The molecular weight excluding hydrogens is 174 g/mol. The van der Waals surface area contributed by atoms with Gasteiger partial charge in [0.15, 0.2) is 0 Å². The minimum absolute atomic E-state index is 0.546. The lowest BCUT2D eigenvalue weighted by molar-refractivity contribution is 0.124. The van der Waals surface area contributed by atoms with Gasteiger partial charge in [-0.25, -0.2) is 0 Å². The van der Waals surface area contributed by atoms with Crippen LogP contribution in [0.25, 0.3) is 0 Å². The van der Waals surface area contributed by atoms with Crippen LogP contribution in [0, 0.1) is 11.8 Å². The van der Waals surface area contributed by atoms with Crippen LogP contribution < -0.4 is 11.5 Å². The molecule has 0 saturated carbocycles. The van der Waals surface area contributed by atoms with Gasteiger partial charge in [-0.2, -0.15) is 0 Å². The van der Waals surface area contributed by atoms with Gasteiger partial charge < -0.3 is 16.4 Å². The summed E-state index contributed by atoms with van der Waals surface area (Å²) in [6.45, 7) is 8.48. The number of nitrogens with zero attached hydrogens (tertiary/aromatic N) is 1. The first-order valence-corrected chi connectivity index (χ1v) is 5.83. The van der Waals surface area contributed by atoms with Crippen molar-refractivity contribution < 1.29 is 0 Å². The Balaban J connectivity index is 2.34. The Morgan fingerprint density at radius 1 is 1.14 bits per heavy atom. The van der Waals surface area contributed by atoms with Crippen molar-refractivity contribution in [3.63, 3.8) is 0 Å². The van der Waals surface area contributed by atoms with E-state index in [0.717, 1.165) is 19.0 Å². The van der Waals surface area contributed by atoms with Crippen molar-refractivity contribution in [2.75, 3.05) is 26.2 Å². The lowest BCUT2D eigenvalue weighted by Gasteiger charge is -2.37. The Hall–Kier alpha value is -0.120. The molecule has 0 aromatic heterocycles. The van der Waals surface area contributed by atoms with Crippen molar-refractivity contribution in [2.45, 2.75) is 32.7 Å². The molecule has 0 atom stereocenters. The fourth-order valence-electron chi connectivity index (χ4n) is 2.39. The number of rotatable bonds is 4. The summed E-state index contributed by atoms with van der Waals surface area (Å²) >= 11 is 0. The normalized spacial score (nSPS) is 21.0. The second kappa shape index (κ2) is 5.69. The summed E-state index contributed by atoms with van der Waals surface area (Å²) in [6.07, 6.45) is 2.55. The van der Waals surface area contributed by atoms with Gasteiger partial charge in [-0.1, -0.05) is 0 Å². The van der Waals surface area contributed by atoms with Crippen molar-refractivity contribution in [1.82, 2.24) is 4.90 Å². The molecule has 84 valence electrons. The van der Waals surface area contributed by atoms with E-state index in [4.69, 9.17) is 11.5 Å². The van der Waals surface area contributed by atoms with Crippen molar-refractivity contribution in [2.24, 2.45) is 23.3 Å². The molecule has 0 aliphatic carbocycles. The molecule has 3 heteroatoms. The molecule has 14 heavy (non-hydrogen) atoms. The van der Waals surface area contributed by atoms with E-state index in [2.05, 4.69) is 18.7 Å². The van der Waals surface area contributed by atoms with E-state index < -0.39 is 0 Å². The van der Waals surface area contributed by atoms with Crippen molar-refractivity contribution in [1.29, 1.82) is 0 Å². The van der Waals surface area contributed by atoms with Gasteiger partial charge in [0.2, 0.25) is 0 Å². The zero-order valence-corrected chi connectivity index (χ0v) is 9.58. The third kappa shape index (κ3) is 2.94. The quantitative estimate of drug-likeness (QED) is 0.698. The topological polar surface area (TPSA) is 55.3 Å². The van der Waals surface area contributed by atoms with Crippen LogP contribution in [0.5, 0.6) is 0 Å². The third-order valence-electron chi connectivity index (χ3n) is 3.58. The van der Waals surface area contributed by atoms with Gasteiger partial charge in [0.1, 0.15) is 0 Å². The average Bonchev–Trinajstić information content (AvgIpc) is 2.20. The SMILES string of the molecule is CC(C)N1CCC(C(CN)CN)CC1. The molecule has 1 saturated heterocycles. The molecule has 0 amide bonds. The van der Waals surface area contributed by atoms with Crippen molar-refractivity contribution >= 4 is 0 Å². The van der Waals surface area contributed by atoms with E-state index in [9.17, 15) is 0 Å². The summed E-state index contributed by atoms with van der Waals surface area (Å²) in [5, 5.41) is 0. The smallest absolute Gasteiger partial charge is 0.00385 e. The monoisotopic (exact) mass is 199 g/mol. The van der Waals surface area contributed by atoms with E-state index in [0.29, 0.717) is 12.0 Å². The van der Waals surface area contributed by atoms with Gasteiger partial charge in [0, 0.05) is 6.04 Å². The Bertz CT molecular complexity index is 147. The van der Waals surface area contributed by atoms with Crippen molar-refractivity contribution in [3.8, 4) is 0 Å². The summed E-state index contributed by atoms with van der Waals surface area (Å²) in [7, 11) is 0. The summed E-state index contributed by atoms with van der Waals surface area (Å²) < 4.78 is 0. The highest BCUT2D eigenvalue weighted by Crippen LogP contribution is 2.24. The molecule has 0 radical (unpaired) electrons. The Kier molecular flexibility index (Phi) is 4.85. The van der Waals surface area contributed by atoms with Crippen LogP contribution in [0.2, 0.25) is 0 Å². The first-order chi connectivity index (χ1) is 6.69. The third-order valence-corrected chi connectivity index (χ3v) is 3.58. The summed E-state index contributed by atoms with van der Waals surface area (Å²) in [5.41, 5.74) is 11.4. The summed E-state index contributed by atoms with van der Waals surface area (Å²) in [4.78, 5) is 2.54. The maximum atomic E-state index is 5.71. The molecule has 0 bridgehead atoms. The Morgan fingerprint density at radius 2 is 1.64 bits per heavy atom. The van der Waals surface area contributed by atoms with Crippen LogP contribution in [0.15, 0.2) is 0 Å². The van der Waals surface area contributed by atoms with Crippen LogP contribution >= 0.6 is 0 Å². The number of piperidine rings is 1. The second-order valence-electron chi connectivity index (χ2n) is 4.70. The fraction of sp³-hybridized carbons (Fsp3) is 1.00.